The number of piperazine rings is 1. The lowest BCUT2D eigenvalue weighted by Crippen LogP contribution is -2.46. The second kappa shape index (κ2) is 8.95. The first kappa shape index (κ1) is 17.1. The summed E-state index contributed by atoms with van der Waals surface area (Å²) < 4.78 is 4.55. The number of ether oxygens (including phenoxy) is 1. The van der Waals surface area contributed by atoms with E-state index in [1.165, 1.54) is 0 Å². The van der Waals surface area contributed by atoms with E-state index in [1.807, 2.05) is 20.8 Å². The zero-order valence-corrected chi connectivity index (χ0v) is 10.8. The van der Waals surface area contributed by atoms with E-state index in [2.05, 4.69) is 22.3 Å². The van der Waals surface area contributed by atoms with Gasteiger partial charge in [-0.3, -0.25) is 4.79 Å². The maximum Gasteiger partial charge on any atom is 0.293 e. The molecule has 1 saturated heterocycles. The van der Waals surface area contributed by atoms with Crippen LogP contribution >= 0.6 is 12.4 Å². The van der Waals surface area contributed by atoms with Gasteiger partial charge in [0.15, 0.2) is 0 Å². The van der Waals surface area contributed by atoms with Crippen molar-refractivity contribution in [3.8, 4) is 0 Å². The minimum Gasteiger partial charge on any atom is -0.462 e. The molecule has 0 saturated carbocycles. The Hall–Kier alpha value is -0.320. The molecule has 1 aliphatic heterocycles. The second-order valence-corrected chi connectivity index (χ2v) is 4.39. The Balaban J connectivity index is 0. The third-order valence-corrected chi connectivity index (χ3v) is 1.65. The van der Waals surface area contributed by atoms with Crippen molar-refractivity contribution in [2.24, 2.45) is 0 Å². The normalized spacial score (nSPS) is 20.4. The van der Waals surface area contributed by atoms with Gasteiger partial charge in [-0.1, -0.05) is 0 Å². The summed E-state index contributed by atoms with van der Waals surface area (Å²) in [5, 5.41) is 6.59. The smallest absolute Gasteiger partial charge is 0.293 e. The van der Waals surface area contributed by atoms with Crippen LogP contribution in [0.5, 0.6) is 0 Å². The summed E-state index contributed by atoms with van der Waals surface area (Å²) in [6.45, 7) is 11.5. The number of rotatable bonds is 1. The Labute approximate surface area is 98.6 Å². The Morgan fingerprint density at radius 1 is 1.33 bits per heavy atom. The molecule has 1 aliphatic rings. The Morgan fingerprint density at radius 2 is 1.93 bits per heavy atom. The highest BCUT2D eigenvalue weighted by atomic mass is 35.5. The molecule has 0 aromatic rings. The van der Waals surface area contributed by atoms with Gasteiger partial charge in [0.05, 0.1) is 0 Å². The summed E-state index contributed by atoms with van der Waals surface area (Å²) in [5.41, 5.74) is -0.318. The molecule has 1 heterocycles. The fraction of sp³-hybridized carbons (Fsp3) is 0.900. The van der Waals surface area contributed by atoms with Crippen LogP contribution in [-0.2, 0) is 9.53 Å². The first-order chi connectivity index (χ1) is 6.45. The molecule has 1 atom stereocenters. The van der Waals surface area contributed by atoms with Crippen molar-refractivity contribution in [1.29, 1.82) is 0 Å². The summed E-state index contributed by atoms with van der Waals surface area (Å²) >= 11 is 0. The highest BCUT2D eigenvalue weighted by molar-refractivity contribution is 5.85. The molecule has 0 spiro atoms. The van der Waals surface area contributed by atoms with Crippen LogP contribution in [0.4, 0.5) is 0 Å². The number of carbonyl (C=O) groups excluding carboxylic acids is 1. The molecule has 92 valence electrons. The van der Waals surface area contributed by atoms with E-state index in [0.29, 0.717) is 12.5 Å². The molecule has 0 bridgehead atoms. The van der Waals surface area contributed by atoms with Crippen LogP contribution in [0.15, 0.2) is 0 Å². The SMILES string of the molecule is CC(C)(C)OC=O.CC1CNCCN1.Cl. The standard InChI is InChI=1S/C5H12N2.C5H10O2.ClH/c1-5-4-6-2-3-7-5;1-5(2,3)7-4-6;/h5-7H,2-4H2,1H3;4H,1-3H3;1H. The van der Waals surface area contributed by atoms with E-state index in [0.717, 1.165) is 19.6 Å². The van der Waals surface area contributed by atoms with Gasteiger partial charge in [-0.2, -0.15) is 0 Å². The number of halogens is 1. The van der Waals surface area contributed by atoms with Gasteiger partial charge in [-0.05, 0) is 27.7 Å². The minimum atomic E-state index is -0.318. The van der Waals surface area contributed by atoms with Crippen molar-refractivity contribution in [2.45, 2.75) is 39.3 Å². The molecule has 2 N–H and O–H groups in total. The minimum absolute atomic E-state index is 0. The zero-order valence-electron chi connectivity index (χ0n) is 10.0. The van der Waals surface area contributed by atoms with Gasteiger partial charge in [0.1, 0.15) is 5.60 Å². The summed E-state index contributed by atoms with van der Waals surface area (Å²) in [4.78, 5) is 9.60. The largest absolute Gasteiger partial charge is 0.462 e. The van der Waals surface area contributed by atoms with Crippen LogP contribution in [0.25, 0.3) is 0 Å². The van der Waals surface area contributed by atoms with Crippen LogP contribution in [0.1, 0.15) is 27.7 Å². The molecule has 1 unspecified atom stereocenters. The van der Waals surface area contributed by atoms with Gasteiger partial charge >= 0.3 is 0 Å². The van der Waals surface area contributed by atoms with Gasteiger partial charge in [0, 0.05) is 25.7 Å². The van der Waals surface area contributed by atoms with Crippen LogP contribution < -0.4 is 10.6 Å². The number of hydrogen-bond acceptors (Lipinski definition) is 4. The van der Waals surface area contributed by atoms with Crippen molar-refractivity contribution < 1.29 is 9.53 Å². The average molecular weight is 239 g/mol. The predicted octanol–water partition coefficient (Wildman–Crippen LogP) is 0.947. The van der Waals surface area contributed by atoms with Gasteiger partial charge in [-0.25, -0.2) is 0 Å². The van der Waals surface area contributed by atoms with E-state index in [4.69, 9.17) is 0 Å². The first-order valence-corrected chi connectivity index (χ1v) is 5.01. The topological polar surface area (TPSA) is 50.4 Å². The molecule has 1 rings (SSSR count). The summed E-state index contributed by atoms with van der Waals surface area (Å²) in [5.74, 6) is 0. The maximum atomic E-state index is 9.60. The molecular formula is C10H23ClN2O2. The summed E-state index contributed by atoms with van der Waals surface area (Å²) in [6, 6.07) is 0.675. The molecule has 0 aliphatic carbocycles. The third kappa shape index (κ3) is 13.7. The van der Waals surface area contributed by atoms with Crippen molar-refractivity contribution >= 4 is 18.9 Å². The quantitative estimate of drug-likeness (QED) is 0.668. The summed E-state index contributed by atoms with van der Waals surface area (Å²) in [7, 11) is 0. The lowest BCUT2D eigenvalue weighted by Gasteiger charge is -2.19. The van der Waals surface area contributed by atoms with E-state index < -0.39 is 0 Å². The molecule has 0 aromatic heterocycles. The van der Waals surface area contributed by atoms with Crippen molar-refractivity contribution in [3.05, 3.63) is 0 Å². The van der Waals surface area contributed by atoms with Crippen LogP contribution in [0.2, 0.25) is 0 Å². The highest BCUT2D eigenvalue weighted by Gasteiger charge is 2.07. The Kier molecular flexibility index (Phi) is 10.2. The van der Waals surface area contributed by atoms with E-state index in [1.54, 1.807) is 0 Å². The number of hydrogen-bond donors (Lipinski definition) is 2. The zero-order chi connectivity index (χ0) is 11.0. The number of nitrogens with one attached hydrogen (secondary N) is 2. The number of carbonyl (C=O) groups is 1. The van der Waals surface area contributed by atoms with Gasteiger partial charge in [-0.15, -0.1) is 12.4 Å². The predicted molar refractivity (Wildman–Crippen MR) is 64.5 cm³/mol. The van der Waals surface area contributed by atoms with Crippen molar-refractivity contribution in [2.75, 3.05) is 19.6 Å². The van der Waals surface area contributed by atoms with Crippen molar-refractivity contribution in [1.82, 2.24) is 10.6 Å². The van der Waals surface area contributed by atoms with Crippen molar-refractivity contribution in [3.63, 3.8) is 0 Å². The summed E-state index contributed by atoms with van der Waals surface area (Å²) in [6.07, 6.45) is 0. The monoisotopic (exact) mass is 238 g/mol. The second-order valence-electron chi connectivity index (χ2n) is 4.39. The third-order valence-electron chi connectivity index (χ3n) is 1.65. The van der Waals surface area contributed by atoms with Crippen LogP contribution in [0.3, 0.4) is 0 Å². The molecule has 0 aromatic carbocycles. The average Bonchev–Trinajstić information content (AvgIpc) is 2.04. The van der Waals surface area contributed by atoms with E-state index >= 15 is 0 Å². The molecule has 5 heteroatoms. The Morgan fingerprint density at radius 3 is 2.07 bits per heavy atom. The fourth-order valence-corrected chi connectivity index (χ4v) is 0.942. The van der Waals surface area contributed by atoms with Gasteiger partial charge in [0.2, 0.25) is 0 Å². The van der Waals surface area contributed by atoms with E-state index in [9.17, 15) is 4.79 Å². The molecule has 0 amide bonds. The fourth-order valence-electron chi connectivity index (χ4n) is 0.942. The first-order valence-electron chi connectivity index (χ1n) is 5.01. The van der Waals surface area contributed by atoms with E-state index in [-0.39, 0.29) is 18.0 Å². The van der Waals surface area contributed by atoms with Crippen LogP contribution in [-0.4, -0.2) is 37.7 Å². The maximum absolute atomic E-state index is 9.60. The molecule has 0 radical (unpaired) electrons. The molecule has 4 nitrogen and oxygen atoms in total. The lowest BCUT2D eigenvalue weighted by molar-refractivity contribution is -0.138. The van der Waals surface area contributed by atoms with Gasteiger partial charge in [0.25, 0.3) is 6.47 Å². The van der Waals surface area contributed by atoms with Gasteiger partial charge < -0.3 is 15.4 Å². The molecule has 15 heavy (non-hydrogen) atoms. The molecule has 1 fully saturated rings. The highest BCUT2D eigenvalue weighted by Crippen LogP contribution is 2.02. The molecular weight excluding hydrogens is 216 g/mol. The van der Waals surface area contributed by atoms with Crippen LogP contribution in [0, 0.1) is 0 Å². The Bertz CT molecular complexity index is 154. The lowest BCUT2D eigenvalue weighted by atomic mass is 10.2.